The van der Waals surface area contributed by atoms with Gasteiger partial charge in [0.2, 0.25) is 0 Å². The summed E-state index contributed by atoms with van der Waals surface area (Å²) in [6, 6.07) is 4.03. The number of Topliss-reactive ketones (excluding diaryl/α,β-unsaturated/α-hetero) is 1. The average molecular weight is 335 g/mol. The van der Waals surface area contributed by atoms with Gasteiger partial charge in [0.1, 0.15) is 0 Å². The molecule has 1 aliphatic rings. The number of hydrogen-bond acceptors (Lipinski definition) is 5. The number of carbonyl (C=O) groups is 1. The predicted molar refractivity (Wildman–Crippen MR) is 96.1 cm³/mol. The third-order valence-corrected chi connectivity index (χ3v) is 4.64. The van der Waals surface area contributed by atoms with Crippen LogP contribution in [0.2, 0.25) is 0 Å². The third kappa shape index (κ3) is 3.58. The Labute approximate surface area is 146 Å². The molecule has 0 spiro atoms. The Morgan fingerprint density at radius 1 is 1.08 bits per heavy atom. The van der Waals surface area contributed by atoms with E-state index in [1.807, 2.05) is 31.6 Å². The zero-order valence-corrected chi connectivity index (χ0v) is 14.4. The van der Waals surface area contributed by atoms with Crippen LogP contribution in [0.1, 0.15) is 18.5 Å². The van der Waals surface area contributed by atoms with Crippen molar-refractivity contribution >= 4 is 16.6 Å². The molecule has 1 fully saturated rings. The first-order valence-electron chi connectivity index (χ1n) is 8.65. The molecule has 0 N–H and O–H groups in total. The van der Waals surface area contributed by atoms with Gasteiger partial charge in [-0.3, -0.25) is 24.3 Å². The Balaban J connectivity index is 1.54. The molecule has 0 amide bonds. The number of ketones is 1. The van der Waals surface area contributed by atoms with Crippen molar-refractivity contribution in [2.24, 2.45) is 7.05 Å². The number of hydrogen-bond donors (Lipinski definition) is 0. The van der Waals surface area contributed by atoms with Crippen molar-refractivity contribution in [1.29, 1.82) is 0 Å². The smallest absolute Gasteiger partial charge is 0.152 e. The summed E-state index contributed by atoms with van der Waals surface area (Å²) in [7, 11) is 1.89. The fourth-order valence-electron chi connectivity index (χ4n) is 3.34. The van der Waals surface area contributed by atoms with Gasteiger partial charge in [-0.25, -0.2) is 0 Å². The molecule has 0 saturated carbocycles. The maximum Gasteiger partial charge on any atom is 0.152 e. The van der Waals surface area contributed by atoms with Crippen molar-refractivity contribution in [2.75, 3.05) is 19.6 Å². The summed E-state index contributed by atoms with van der Waals surface area (Å²) in [5, 5.41) is 6.22. The number of fused-ring (bicyclic) bond motifs is 1. The molecule has 0 atom stereocenters. The maximum absolute atomic E-state index is 12.3. The molecule has 0 aromatic carbocycles. The van der Waals surface area contributed by atoms with Crippen LogP contribution in [0.25, 0.3) is 22.0 Å². The Morgan fingerprint density at radius 3 is 2.64 bits per heavy atom. The first-order valence-corrected chi connectivity index (χ1v) is 8.65. The lowest BCUT2D eigenvalue weighted by Gasteiger charge is -2.13. The molecule has 6 nitrogen and oxygen atoms in total. The molecule has 0 aliphatic carbocycles. The fourth-order valence-corrected chi connectivity index (χ4v) is 3.34. The van der Waals surface area contributed by atoms with E-state index in [9.17, 15) is 4.79 Å². The number of likely N-dealkylation sites (tertiary alicyclic amines) is 1. The molecule has 25 heavy (non-hydrogen) atoms. The predicted octanol–water partition coefficient (Wildman–Crippen LogP) is 2.24. The zero-order valence-electron chi connectivity index (χ0n) is 14.4. The SMILES string of the molecule is Cn1cc(-c2cc3cc(CC(=O)CN4CCCC4)ncc3cn2)cn1. The van der Waals surface area contributed by atoms with Crippen molar-refractivity contribution in [3.05, 3.63) is 42.6 Å². The monoisotopic (exact) mass is 335 g/mol. The van der Waals surface area contributed by atoms with Crippen LogP contribution >= 0.6 is 0 Å². The number of aryl methyl sites for hydroxylation is 1. The van der Waals surface area contributed by atoms with Gasteiger partial charge in [0.05, 0.1) is 24.9 Å². The fraction of sp³-hybridized carbons (Fsp3) is 0.368. The number of aromatic nitrogens is 4. The molecular weight excluding hydrogens is 314 g/mol. The maximum atomic E-state index is 12.3. The van der Waals surface area contributed by atoms with E-state index in [1.54, 1.807) is 17.1 Å². The molecule has 128 valence electrons. The highest BCUT2D eigenvalue weighted by Crippen LogP contribution is 2.21. The molecule has 0 bridgehead atoms. The highest BCUT2D eigenvalue weighted by atomic mass is 16.1. The first kappa shape index (κ1) is 15.9. The highest BCUT2D eigenvalue weighted by Gasteiger charge is 2.16. The summed E-state index contributed by atoms with van der Waals surface area (Å²) < 4.78 is 1.76. The molecule has 6 heteroatoms. The van der Waals surface area contributed by atoms with Crippen LogP contribution in [0.5, 0.6) is 0 Å². The average Bonchev–Trinajstić information content (AvgIpc) is 3.26. The van der Waals surface area contributed by atoms with E-state index in [-0.39, 0.29) is 5.78 Å². The lowest BCUT2D eigenvalue weighted by atomic mass is 10.1. The molecule has 3 aromatic rings. The van der Waals surface area contributed by atoms with E-state index in [1.165, 1.54) is 12.8 Å². The topological polar surface area (TPSA) is 63.9 Å². The standard InChI is InChI=1S/C19H21N5O/c1-23-12-16(11-22-23)19-7-14-6-17(20-9-15(14)10-21-19)8-18(25)13-24-4-2-3-5-24/h6-7,9-12H,2-5,8,13H2,1H3. The van der Waals surface area contributed by atoms with Gasteiger partial charge >= 0.3 is 0 Å². The van der Waals surface area contributed by atoms with Crippen LogP contribution in [0, 0.1) is 0 Å². The van der Waals surface area contributed by atoms with Crippen LogP contribution < -0.4 is 0 Å². The molecule has 1 aliphatic heterocycles. The second-order valence-electron chi connectivity index (χ2n) is 6.69. The Hall–Kier alpha value is -2.60. The van der Waals surface area contributed by atoms with E-state index in [0.29, 0.717) is 13.0 Å². The molecule has 3 aromatic heterocycles. The summed E-state index contributed by atoms with van der Waals surface area (Å²) in [4.78, 5) is 23.4. The lowest BCUT2D eigenvalue weighted by Crippen LogP contribution is -2.27. The zero-order chi connectivity index (χ0) is 17.2. The van der Waals surface area contributed by atoms with E-state index in [2.05, 4.69) is 20.0 Å². The van der Waals surface area contributed by atoms with Crippen molar-refractivity contribution < 1.29 is 4.79 Å². The van der Waals surface area contributed by atoms with E-state index in [4.69, 9.17) is 0 Å². The van der Waals surface area contributed by atoms with Crippen molar-refractivity contribution in [3.8, 4) is 11.3 Å². The van der Waals surface area contributed by atoms with Gasteiger partial charge in [0, 0.05) is 42.3 Å². The Bertz CT molecular complexity index is 911. The Kier molecular flexibility index (Phi) is 4.28. The molecule has 0 radical (unpaired) electrons. The minimum absolute atomic E-state index is 0.232. The van der Waals surface area contributed by atoms with E-state index >= 15 is 0 Å². The van der Waals surface area contributed by atoms with Gasteiger partial charge in [-0.05, 0) is 43.5 Å². The first-order chi connectivity index (χ1) is 12.2. The van der Waals surface area contributed by atoms with Gasteiger partial charge in [-0.1, -0.05) is 0 Å². The number of rotatable bonds is 5. The summed E-state index contributed by atoms with van der Waals surface area (Å²) in [6.07, 6.45) is 10.1. The van der Waals surface area contributed by atoms with Gasteiger partial charge in [0.15, 0.2) is 5.78 Å². The second-order valence-corrected chi connectivity index (χ2v) is 6.69. The second kappa shape index (κ2) is 6.72. The van der Waals surface area contributed by atoms with E-state index < -0.39 is 0 Å². The van der Waals surface area contributed by atoms with Crippen LogP contribution in [0.15, 0.2) is 36.9 Å². The number of nitrogens with zero attached hydrogens (tertiary/aromatic N) is 5. The van der Waals surface area contributed by atoms with Crippen molar-refractivity contribution in [3.63, 3.8) is 0 Å². The van der Waals surface area contributed by atoms with Gasteiger partial charge in [0.25, 0.3) is 0 Å². The third-order valence-electron chi connectivity index (χ3n) is 4.64. The summed E-state index contributed by atoms with van der Waals surface area (Å²) in [6.45, 7) is 2.62. The summed E-state index contributed by atoms with van der Waals surface area (Å²) >= 11 is 0. The lowest BCUT2D eigenvalue weighted by molar-refractivity contribution is -0.119. The quantitative estimate of drug-likeness (QED) is 0.715. The summed E-state index contributed by atoms with van der Waals surface area (Å²) in [5.41, 5.74) is 2.68. The van der Waals surface area contributed by atoms with E-state index in [0.717, 1.165) is 40.8 Å². The van der Waals surface area contributed by atoms with Crippen LogP contribution in [-0.2, 0) is 18.3 Å². The normalized spacial score (nSPS) is 15.1. The van der Waals surface area contributed by atoms with Crippen molar-refractivity contribution in [2.45, 2.75) is 19.3 Å². The van der Waals surface area contributed by atoms with Gasteiger partial charge in [-0.15, -0.1) is 0 Å². The van der Waals surface area contributed by atoms with Crippen LogP contribution in [-0.4, -0.2) is 50.1 Å². The molecule has 1 saturated heterocycles. The largest absolute Gasteiger partial charge is 0.298 e. The molecule has 4 heterocycles. The number of pyridine rings is 2. The molecule has 0 unspecified atom stereocenters. The minimum atomic E-state index is 0.232. The Morgan fingerprint density at radius 2 is 1.88 bits per heavy atom. The van der Waals surface area contributed by atoms with Crippen LogP contribution in [0.4, 0.5) is 0 Å². The minimum Gasteiger partial charge on any atom is -0.298 e. The van der Waals surface area contributed by atoms with Crippen LogP contribution in [0.3, 0.4) is 0 Å². The molecular formula is C19H21N5O. The molecule has 4 rings (SSSR count). The highest BCUT2D eigenvalue weighted by molar-refractivity contribution is 5.87. The summed E-state index contributed by atoms with van der Waals surface area (Å²) in [5.74, 6) is 0.232. The van der Waals surface area contributed by atoms with Crippen molar-refractivity contribution in [1.82, 2.24) is 24.6 Å². The van der Waals surface area contributed by atoms with Gasteiger partial charge < -0.3 is 0 Å². The number of carbonyl (C=O) groups excluding carboxylic acids is 1. The van der Waals surface area contributed by atoms with Gasteiger partial charge in [-0.2, -0.15) is 5.10 Å².